The van der Waals surface area contributed by atoms with Gasteiger partial charge in [0.1, 0.15) is 37.4 Å². The number of phenolic OH excluding ortho intramolecular Hbond substituents is 1. The third kappa shape index (κ3) is 13.0. The molecule has 0 saturated carbocycles. The molecule has 25 nitrogen and oxygen atoms in total. The second kappa shape index (κ2) is 19.7. The number of fused-ring (bicyclic) bond motifs is 1. The number of anilines is 2. The van der Waals surface area contributed by atoms with E-state index in [-0.39, 0.29) is 38.9 Å². The smallest absolute Gasteiger partial charge is 0.397 e. The molecule has 346 valence electrons. The lowest BCUT2D eigenvalue weighted by atomic mass is 10.1. The van der Waals surface area contributed by atoms with Gasteiger partial charge < -0.3 is 16.2 Å². The molecule has 5 rings (SSSR count). The Bertz CT molecular complexity index is 3400. The normalized spacial score (nSPS) is 13.6. The van der Waals surface area contributed by atoms with Crippen LogP contribution >= 0.6 is 31.9 Å². The number of benzene rings is 5. The highest BCUT2D eigenvalue weighted by Crippen LogP contribution is 2.46. The van der Waals surface area contributed by atoms with E-state index in [0.29, 0.717) is 0 Å². The number of alkyl halides is 2. The summed E-state index contributed by atoms with van der Waals surface area (Å²) in [7, 11) is -24.6. The van der Waals surface area contributed by atoms with Crippen molar-refractivity contribution in [2.75, 3.05) is 28.7 Å². The fourth-order valence-corrected chi connectivity index (χ4v) is 9.07. The van der Waals surface area contributed by atoms with E-state index in [1.807, 2.05) is 0 Å². The van der Waals surface area contributed by atoms with E-state index in [9.17, 15) is 61.1 Å². The molecule has 0 aliphatic heterocycles. The van der Waals surface area contributed by atoms with Crippen molar-refractivity contribution in [2.45, 2.75) is 24.4 Å². The number of halogens is 2. The monoisotopic (exact) mass is 1130 g/mol. The standard InChI is InChI=1S/C33H28Br2N8O17S5/c34-16-23(35)33(45)37-18-4-10-27(61(46,47)12-11-60-65(57,58)59)26(13-18)41-42-30-22-15-29(64(54,55)56)31(32(44)21(22)7-8-24(30)36)43-40-25-9-3-19(14-28(25)63(51,52)53)39-38-17-1-5-20(6-2-17)62(48,49)50/h1-10,13-15,23,44H,11-12,16,36H2,(H,37,45)(H,48,49,50)(H,51,52,53)(H,54,55,56)(H,57,58,59). The van der Waals surface area contributed by atoms with Crippen molar-refractivity contribution >= 4 is 145 Å². The molecule has 1 unspecified atom stereocenters. The number of nitrogen functional groups attached to an aromatic ring is 1. The Morgan fingerprint density at radius 3 is 1.85 bits per heavy atom. The van der Waals surface area contributed by atoms with E-state index in [1.165, 1.54) is 6.07 Å². The molecule has 8 N–H and O–H groups in total. The number of hydrogen-bond acceptors (Lipinski definition) is 20. The average Bonchev–Trinajstić information content (AvgIpc) is 3.20. The van der Waals surface area contributed by atoms with E-state index in [0.717, 1.165) is 72.8 Å². The minimum atomic E-state index is -5.38. The number of nitrogens with zero attached hydrogens (tertiary/aromatic N) is 6. The van der Waals surface area contributed by atoms with Gasteiger partial charge >= 0.3 is 10.4 Å². The van der Waals surface area contributed by atoms with Gasteiger partial charge in [-0.15, -0.1) is 20.5 Å². The number of aromatic hydroxyl groups is 1. The summed E-state index contributed by atoms with van der Waals surface area (Å²) in [5.74, 6) is -2.62. The van der Waals surface area contributed by atoms with Gasteiger partial charge in [-0.2, -0.15) is 43.9 Å². The maximum Gasteiger partial charge on any atom is 0.397 e. The summed E-state index contributed by atoms with van der Waals surface area (Å²) < 4.78 is 164. The lowest BCUT2D eigenvalue weighted by Crippen LogP contribution is -2.23. The fraction of sp³-hybridized carbons (Fsp3) is 0.121. The number of carbonyl (C=O) groups is 1. The minimum absolute atomic E-state index is 0.0165. The van der Waals surface area contributed by atoms with Crippen LogP contribution in [0.4, 0.5) is 45.5 Å². The molecule has 0 aromatic heterocycles. The molecule has 0 heterocycles. The van der Waals surface area contributed by atoms with E-state index < -0.39 is 122 Å². The maximum atomic E-state index is 13.3. The van der Waals surface area contributed by atoms with Crippen LogP contribution in [-0.2, 0) is 59.6 Å². The number of sulfone groups is 1. The first-order valence-electron chi connectivity index (χ1n) is 17.1. The van der Waals surface area contributed by atoms with Crippen molar-refractivity contribution < 1.29 is 74.4 Å². The molecule has 0 saturated heterocycles. The third-order valence-corrected chi connectivity index (χ3v) is 15.3. The number of azo groups is 3. The van der Waals surface area contributed by atoms with E-state index in [4.69, 9.17) is 14.8 Å². The molecular formula is C33H28Br2N8O17S5. The summed E-state index contributed by atoms with van der Waals surface area (Å²) in [6.07, 6.45) is 0. The largest absolute Gasteiger partial charge is 0.505 e. The zero-order valence-electron chi connectivity index (χ0n) is 31.9. The van der Waals surface area contributed by atoms with Gasteiger partial charge in [0.2, 0.25) is 5.91 Å². The number of phenols is 1. The third-order valence-electron chi connectivity index (χ3n) is 8.23. The van der Waals surface area contributed by atoms with Crippen LogP contribution in [0.15, 0.2) is 129 Å². The second-order valence-electron chi connectivity index (χ2n) is 12.7. The van der Waals surface area contributed by atoms with Crippen molar-refractivity contribution in [1.82, 2.24) is 0 Å². The van der Waals surface area contributed by atoms with Crippen LogP contribution in [-0.4, -0.2) is 93.8 Å². The van der Waals surface area contributed by atoms with Crippen molar-refractivity contribution in [3.63, 3.8) is 0 Å². The molecule has 0 aliphatic rings. The topological polar surface area (TPSA) is 410 Å². The highest BCUT2D eigenvalue weighted by Gasteiger charge is 2.26. The Hall–Kier alpha value is -5.26. The minimum Gasteiger partial charge on any atom is -0.505 e. The summed E-state index contributed by atoms with van der Waals surface area (Å²) >= 11 is 6.27. The van der Waals surface area contributed by atoms with Gasteiger partial charge in [-0.1, -0.05) is 31.9 Å². The van der Waals surface area contributed by atoms with Crippen molar-refractivity contribution in [1.29, 1.82) is 0 Å². The summed E-state index contributed by atoms with van der Waals surface area (Å²) in [6, 6.07) is 13.4. The van der Waals surface area contributed by atoms with Crippen LogP contribution in [0.5, 0.6) is 5.75 Å². The van der Waals surface area contributed by atoms with Gasteiger partial charge in [0.25, 0.3) is 30.4 Å². The number of carbonyl (C=O) groups excluding carboxylic acids is 1. The predicted molar refractivity (Wildman–Crippen MR) is 236 cm³/mol. The average molecular weight is 1130 g/mol. The molecule has 0 radical (unpaired) electrons. The fourth-order valence-electron chi connectivity index (χ4n) is 5.27. The van der Waals surface area contributed by atoms with E-state index in [2.05, 4.69) is 72.0 Å². The second-order valence-corrected chi connectivity index (χ2v) is 21.8. The number of nitrogens with one attached hydrogen (secondary N) is 1. The molecule has 5 aromatic carbocycles. The zero-order chi connectivity index (χ0) is 48.3. The Morgan fingerprint density at radius 1 is 0.646 bits per heavy atom. The Morgan fingerprint density at radius 2 is 1.25 bits per heavy atom. The van der Waals surface area contributed by atoms with Gasteiger partial charge in [-0.05, 0) is 78.9 Å². The van der Waals surface area contributed by atoms with Crippen LogP contribution < -0.4 is 11.1 Å². The van der Waals surface area contributed by atoms with Crippen LogP contribution in [0.2, 0.25) is 0 Å². The van der Waals surface area contributed by atoms with Gasteiger partial charge in [-0.3, -0.25) is 23.0 Å². The zero-order valence-corrected chi connectivity index (χ0v) is 39.2. The maximum absolute atomic E-state index is 13.3. The molecule has 32 heteroatoms. The van der Waals surface area contributed by atoms with Crippen LogP contribution in [0.3, 0.4) is 0 Å². The molecule has 0 fully saturated rings. The number of rotatable bonds is 17. The van der Waals surface area contributed by atoms with E-state index >= 15 is 0 Å². The molecule has 1 amide bonds. The number of hydrogen-bond donors (Lipinski definition) is 7. The highest BCUT2D eigenvalue weighted by molar-refractivity contribution is 9.12. The number of nitrogens with two attached hydrogens (primary N) is 1. The molecule has 0 aliphatic carbocycles. The first kappa shape index (κ1) is 50.7. The number of amides is 1. The van der Waals surface area contributed by atoms with Crippen LogP contribution in [0, 0.1) is 0 Å². The molecule has 65 heavy (non-hydrogen) atoms. The Balaban J connectivity index is 1.60. The molecular weight excluding hydrogens is 1100 g/mol. The van der Waals surface area contributed by atoms with E-state index in [1.54, 1.807) is 0 Å². The highest BCUT2D eigenvalue weighted by atomic mass is 79.9. The Labute approximate surface area is 384 Å². The first-order chi connectivity index (χ1) is 30.1. The summed E-state index contributed by atoms with van der Waals surface area (Å²) in [6.45, 7) is -1.03. The van der Waals surface area contributed by atoms with Crippen molar-refractivity contribution in [3.8, 4) is 5.75 Å². The molecule has 1 atom stereocenters. The van der Waals surface area contributed by atoms with Crippen LogP contribution in [0.25, 0.3) is 10.8 Å². The van der Waals surface area contributed by atoms with Crippen molar-refractivity contribution in [2.24, 2.45) is 30.7 Å². The SMILES string of the molecule is Nc1ccc2c(O)c(N=Nc3ccc(N=Nc4ccc(S(=O)(=O)O)cc4)cc3S(=O)(=O)O)c(S(=O)(=O)O)cc2c1N=Nc1cc(NC(=O)C(Br)CBr)ccc1S(=O)(=O)CCOS(=O)(=O)O. The summed E-state index contributed by atoms with van der Waals surface area (Å²) in [5.41, 5.74) is 3.16. The van der Waals surface area contributed by atoms with Gasteiger partial charge in [0.05, 0.1) is 39.2 Å². The predicted octanol–water partition coefficient (Wildman–Crippen LogP) is 6.80. The molecule has 0 bridgehead atoms. The summed E-state index contributed by atoms with van der Waals surface area (Å²) in [4.78, 5) is 8.67. The van der Waals surface area contributed by atoms with Gasteiger partial charge in [-0.25, -0.2) is 12.6 Å². The lowest BCUT2D eigenvalue weighted by Gasteiger charge is -2.13. The quantitative estimate of drug-likeness (QED) is 0.0218. The molecule has 0 spiro atoms. The molecule has 5 aromatic rings. The first-order valence-corrected chi connectivity index (χ1v) is 26.5. The van der Waals surface area contributed by atoms with Gasteiger partial charge in [0.15, 0.2) is 15.6 Å². The Kier molecular flexibility index (Phi) is 15.4. The van der Waals surface area contributed by atoms with Crippen LogP contribution in [0.1, 0.15) is 0 Å². The van der Waals surface area contributed by atoms with Gasteiger partial charge in [0, 0.05) is 21.8 Å². The summed E-state index contributed by atoms with van der Waals surface area (Å²) in [5, 5.41) is 36.4. The lowest BCUT2D eigenvalue weighted by molar-refractivity contribution is -0.115. The van der Waals surface area contributed by atoms with Crippen molar-refractivity contribution in [3.05, 3.63) is 78.9 Å².